The topological polar surface area (TPSA) is 68.3 Å². The first-order valence-corrected chi connectivity index (χ1v) is 14.0. The predicted molar refractivity (Wildman–Crippen MR) is 147 cm³/mol. The fourth-order valence-corrected chi connectivity index (χ4v) is 6.09. The minimum atomic E-state index is -0.225. The van der Waals surface area contributed by atoms with Crippen LogP contribution in [0.2, 0.25) is 0 Å². The van der Waals surface area contributed by atoms with Crippen LogP contribution in [-0.2, 0) is 27.2 Å². The normalized spacial score (nSPS) is 18.6. The Bertz CT molecular complexity index is 1220. The van der Waals surface area contributed by atoms with Crippen molar-refractivity contribution in [1.29, 1.82) is 0 Å². The van der Waals surface area contributed by atoms with Crippen molar-refractivity contribution in [2.24, 2.45) is 0 Å². The summed E-state index contributed by atoms with van der Waals surface area (Å²) in [7, 11) is 1.62. The van der Waals surface area contributed by atoms with E-state index in [0.29, 0.717) is 32.1 Å². The number of amides is 2. The smallest absolute Gasteiger partial charge is 0.242 e. The molecule has 7 nitrogen and oxygen atoms in total. The van der Waals surface area contributed by atoms with E-state index in [1.165, 1.54) is 4.88 Å². The largest absolute Gasteiger partial charge is 0.497 e. The second-order valence-corrected chi connectivity index (χ2v) is 10.7. The van der Waals surface area contributed by atoms with E-state index >= 15 is 0 Å². The first kappa shape index (κ1) is 26.3. The van der Waals surface area contributed by atoms with Crippen molar-refractivity contribution in [3.8, 4) is 11.5 Å². The predicted octanol–water partition coefficient (Wildman–Crippen LogP) is 4.51. The maximum Gasteiger partial charge on any atom is 0.242 e. The zero-order valence-electron chi connectivity index (χ0n) is 21.7. The van der Waals surface area contributed by atoms with Gasteiger partial charge in [-0.15, -0.1) is 11.3 Å². The Labute approximate surface area is 227 Å². The third-order valence-electron chi connectivity index (χ3n) is 7.19. The maximum atomic E-state index is 13.8. The monoisotopic (exact) mass is 534 g/mol. The summed E-state index contributed by atoms with van der Waals surface area (Å²) in [4.78, 5) is 32.1. The first-order valence-electron chi connectivity index (χ1n) is 13.2. The summed E-state index contributed by atoms with van der Waals surface area (Å²) in [5, 5.41) is 2.07. The molecular weight excluding hydrogens is 500 g/mol. The number of thiophene rings is 1. The number of carbonyl (C=O) groups is 2. The van der Waals surface area contributed by atoms with Gasteiger partial charge in [-0.05, 0) is 54.0 Å². The molecule has 0 N–H and O–H groups in total. The number of benzene rings is 2. The Kier molecular flexibility index (Phi) is 8.61. The van der Waals surface area contributed by atoms with Gasteiger partial charge >= 0.3 is 0 Å². The molecule has 0 bridgehead atoms. The number of ether oxygens (including phenoxy) is 3. The zero-order valence-corrected chi connectivity index (χ0v) is 22.5. The molecule has 5 rings (SSSR count). The van der Waals surface area contributed by atoms with Crippen molar-refractivity contribution in [1.82, 2.24) is 9.80 Å². The zero-order chi connectivity index (χ0) is 26.3. The van der Waals surface area contributed by atoms with Gasteiger partial charge in [-0.1, -0.05) is 36.4 Å². The summed E-state index contributed by atoms with van der Waals surface area (Å²) in [6.07, 6.45) is 2.92. The molecule has 1 fully saturated rings. The molecule has 8 heteroatoms. The molecule has 2 atom stereocenters. The van der Waals surface area contributed by atoms with Gasteiger partial charge in [0.15, 0.2) is 0 Å². The van der Waals surface area contributed by atoms with E-state index in [1.54, 1.807) is 23.3 Å². The lowest BCUT2D eigenvalue weighted by Crippen LogP contribution is -2.49. The summed E-state index contributed by atoms with van der Waals surface area (Å²) in [5.74, 6) is 1.28. The second kappa shape index (κ2) is 12.5. The molecule has 1 saturated heterocycles. The van der Waals surface area contributed by atoms with Gasteiger partial charge in [-0.3, -0.25) is 9.59 Å². The van der Waals surface area contributed by atoms with Crippen molar-refractivity contribution >= 4 is 23.2 Å². The van der Waals surface area contributed by atoms with Gasteiger partial charge in [0.1, 0.15) is 18.1 Å². The molecule has 3 heterocycles. The number of methoxy groups -OCH3 is 1. The van der Waals surface area contributed by atoms with Crippen LogP contribution >= 0.6 is 11.3 Å². The molecule has 2 aromatic carbocycles. The molecule has 2 aliphatic heterocycles. The second-order valence-electron chi connectivity index (χ2n) is 9.71. The van der Waals surface area contributed by atoms with E-state index in [0.717, 1.165) is 36.1 Å². The molecule has 2 aliphatic rings. The van der Waals surface area contributed by atoms with Crippen LogP contribution in [0.1, 0.15) is 34.9 Å². The highest BCUT2D eigenvalue weighted by atomic mass is 32.1. The van der Waals surface area contributed by atoms with E-state index in [-0.39, 0.29) is 36.9 Å². The molecule has 38 heavy (non-hydrogen) atoms. The quantitative estimate of drug-likeness (QED) is 0.383. The van der Waals surface area contributed by atoms with E-state index in [1.807, 2.05) is 59.5 Å². The van der Waals surface area contributed by atoms with Crippen LogP contribution in [0.15, 0.2) is 66.0 Å². The lowest BCUT2D eigenvalue weighted by atomic mass is 10.00. The highest BCUT2D eigenvalue weighted by Crippen LogP contribution is 2.34. The summed E-state index contributed by atoms with van der Waals surface area (Å²) in [6.45, 7) is 2.09. The third-order valence-corrected chi connectivity index (χ3v) is 8.19. The fourth-order valence-electron chi connectivity index (χ4n) is 5.17. The Hall–Kier alpha value is -3.36. The van der Waals surface area contributed by atoms with Crippen LogP contribution in [0.4, 0.5) is 0 Å². The Morgan fingerprint density at radius 1 is 1.11 bits per heavy atom. The Balaban J connectivity index is 1.32. The van der Waals surface area contributed by atoms with Gasteiger partial charge in [0.25, 0.3) is 0 Å². The van der Waals surface area contributed by atoms with Crippen molar-refractivity contribution in [2.75, 3.05) is 40.0 Å². The van der Waals surface area contributed by atoms with Crippen LogP contribution in [-0.4, -0.2) is 67.7 Å². The van der Waals surface area contributed by atoms with Crippen LogP contribution in [0.5, 0.6) is 11.5 Å². The lowest BCUT2D eigenvalue weighted by Gasteiger charge is -2.37. The van der Waals surface area contributed by atoms with Crippen LogP contribution in [0.3, 0.4) is 0 Å². The minimum Gasteiger partial charge on any atom is -0.497 e. The van der Waals surface area contributed by atoms with E-state index < -0.39 is 0 Å². The summed E-state index contributed by atoms with van der Waals surface area (Å²) in [5.41, 5.74) is 2.06. The van der Waals surface area contributed by atoms with Crippen LogP contribution in [0.25, 0.3) is 0 Å². The lowest BCUT2D eigenvalue weighted by molar-refractivity contribution is -0.143. The van der Waals surface area contributed by atoms with Crippen molar-refractivity contribution in [3.63, 3.8) is 0 Å². The SMILES string of the molecule is COc1cccc(OC[C@@H]2c3ccsc3CCN2C(=O)CN(C[C@@H]2CCCO2)C(=O)Cc2ccccc2)c1. The number of hydrogen-bond acceptors (Lipinski definition) is 6. The molecule has 3 aromatic rings. The number of carbonyl (C=O) groups excluding carboxylic acids is 2. The van der Waals surface area contributed by atoms with Gasteiger partial charge < -0.3 is 24.0 Å². The van der Waals surface area contributed by atoms with Crippen LogP contribution < -0.4 is 9.47 Å². The molecule has 1 aromatic heterocycles. The van der Waals surface area contributed by atoms with Crippen molar-refractivity contribution in [2.45, 2.75) is 37.8 Å². The molecule has 200 valence electrons. The van der Waals surface area contributed by atoms with E-state index in [2.05, 4.69) is 11.4 Å². The average molecular weight is 535 g/mol. The van der Waals surface area contributed by atoms with Gasteiger partial charge in [0.05, 0.1) is 32.2 Å². The number of nitrogens with zero attached hydrogens (tertiary/aromatic N) is 2. The van der Waals surface area contributed by atoms with Crippen LogP contribution in [0, 0.1) is 0 Å². The molecule has 0 unspecified atom stereocenters. The van der Waals surface area contributed by atoms with Gasteiger partial charge in [0, 0.05) is 30.6 Å². The molecule has 0 aliphatic carbocycles. The fraction of sp³-hybridized carbons (Fsp3) is 0.400. The Morgan fingerprint density at radius 2 is 1.95 bits per heavy atom. The number of rotatable bonds is 10. The van der Waals surface area contributed by atoms with Crippen molar-refractivity contribution < 1.29 is 23.8 Å². The van der Waals surface area contributed by atoms with E-state index in [4.69, 9.17) is 14.2 Å². The highest BCUT2D eigenvalue weighted by molar-refractivity contribution is 7.10. The van der Waals surface area contributed by atoms with Gasteiger partial charge in [0.2, 0.25) is 11.8 Å². The van der Waals surface area contributed by atoms with Gasteiger partial charge in [-0.25, -0.2) is 0 Å². The Morgan fingerprint density at radius 3 is 2.74 bits per heavy atom. The molecular formula is C30H34N2O5S. The maximum absolute atomic E-state index is 13.8. The average Bonchev–Trinajstić information content (AvgIpc) is 3.64. The summed E-state index contributed by atoms with van der Waals surface area (Å²) >= 11 is 1.72. The molecule has 0 radical (unpaired) electrons. The molecule has 0 saturated carbocycles. The molecule has 0 spiro atoms. The standard InChI is InChI=1S/C30H34N2O5S/c1-35-23-9-5-10-24(18-23)37-21-27-26-13-16-38-28(26)12-14-32(27)30(34)20-31(19-25-11-6-15-36-25)29(33)17-22-7-3-2-4-8-22/h2-5,7-10,13,16,18,25,27H,6,11-12,14-15,17,19-21H2,1H3/t25-,27+/m0/s1. The first-order chi connectivity index (χ1) is 18.6. The van der Waals surface area contributed by atoms with E-state index in [9.17, 15) is 9.59 Å². The minimum absolute atomic E-state index is 0.0282. The number of fused-ring (bicyclic) bond motifs is 1. The molecule has 2 amide bonds. The third kappa shape index (κ3) is 6.37. The number of hydrogen-bond donors (Lipinski definition) is 0. The summed E-state index contributed by atoms with van der Waals surface area (Å²) < 4.78 is 17.3. The van der Waals surface area contributed by atoms with Gasteiger partial charge in [-0.2, -0.15) is 0 Å². The van der Waals surface area contributed by atoms with Crippen molar-refractivity contribution in [3.05, 3.63) is 82.0 Å². The highest BCUT2D eigenvalue weighted by Gasteiger charge is 2.34. The summed E-state index contributed by atoms with van der Waals surface area (Å²) in [6, 6.07) is 19.0.